The molecule has 1 heterocycles. The average molecular weight is 238 g/mol. The summed E-state index contributed by atoms with van der Waals surface area (Å²) in [5.41, 5.74) is -0.0235. The zero-order valence-corrected chi connectivity index (χ0v) is 8.83. The minimum atomic E-state index is -0.576. The molecule has 0 spiro atoms. The topological polar surface area (TPSA) is 92.9 Å². The minimum Gasteiger partial charge on any atom is -0.506 e. The second-order valence-corrected chi connectivity index (χ2v) is 3.53. The van der Waals surface area contributed by atoms with Gasteiger partial charge >= 0.3 is 0 Å². The number of anilines is 1. The highest BCUT2D eigenvalue weighted by molar-refractivity contribution is 5.96. The Hall–Kier alpha value is -2.15. The molecule has 17 heavy (non-hydrogen) atoms. The lowest BCUT2D eigenvalue weighted by atomic mass is 10.2. The van der Waals surface area contributed by atoms with Crippen molar-refractivity contribution in [3.63, 3.8) is 0 Å². The number of amides is 1. The minimum absolute atomic E-state index is 0.0812. The third-order valence-corrected chi connectivity index (χ3v) is 2.45. The van der Waals surface area contributed by atoms with Crippen molar-refractivity contribution >= 4 is 17.3 Å². The molecule has 0 atom stereocenters. The predicted molar refractivity (Wildman–Crippen MR) is 57.9 cm³/mol. The van der Waals surface area contributed by atoms with Gasteiger partial charge in [-0.1, -0.05) is 0 Å². The zero-order valence-electron chi connectivity index (χ0n) is 8.83. The van der Waals surface area contributed by atoms with Crippen LogP contribution in [-0.4, -0.2) is 35.7 Å². The average Bonchev–Trinajstić information content (AvgIpc) is 2.30. The third kappa shape index (κ3) is 2.18. The number of carbonyl (C=O) groups is 1. The Balaban J connectivity index is 2.39. The SMILES string of the molecule is O=C1COCCN1c1cc([N+](=O)[O-])ccc1O. The second kappa shape index (κ2) is 4.38. The Morgan fingerprint density at radius 3 is 2.88 bits per heavy atom. The number of phenols is 1. The van der Waals surface area contributed by atoms with Crippen LogP contribution in [0.3, 0.4) is 0 Å². The Morgan fingerprint density at radius 2 is 2.24 bits per heavy atom. The number of nitro benzene ring substituents is 1. The first-order valence-corrected chi connectivity index (χ1v) is 4.95. The van der Waals surface area contributed by atoms with Crippen LogP contribution in [0.15, 0.2) is 18.2 Å². The molecule has 1 aliphatic rings. The van der Waals surface area contributed by atoms with Gasteiger partial charge in [-0.15, -0.1) is 0 Å². The van der Waals surface area contributed by atoms with E-state index >= 15 is 0 Å². The van der Waals surface area contributed by atoms with Crippen LogP contribution in [0.2, 0.25) is 0 Å². The summed E-state index contributed by atoms with van der Waals surface area (Å²) >= 11 is 0. The first-order chi connectivity index (χ1) is 8.09. The van der Waals surface area contributed by atoms with E-state index in [-0.39, 0.29) is 36.2 Å². The molecule has 0 bridgehead atoms. The summed E-state index contributed by atoms with van der Waals surface area (Å²) in [6.45, 7) is 0.531. The molecular formula is C10H10N2O5. The number of hydrogen-bond donors (Lipinski definition) is 1. The summed E-state index contributed by atoms with van der Waals surface area (Å²) < 4.78 is 4.94. The van der Waals surface area contributed by atoms with Gasteiger partial charge in [0.15, 0.2) is 0 Å². The Bertz CT molecular complexity index is 474. The smallest absolute Gasteiger partial charge is 0.271 e. The van der Waals surface area contributed by atoms with Gasteiger partial charge in [0.05, 0.1) is 17.2 Å². The van der Waals surface area contributed by atoms with Gasteiger partial charge in [-0.2, -0.15) is 0 Å². The lowest BCUT2D eigenvalue weighted by molar-refractivity contribution is -0.384. The summed E-state index contributed by atoms with van der Waals surface area (Å²) in [5, 5.41) is 20.3. The van der Waals surface area contributed by atoms with Gasteiger partial charge in [-0.3, -0.25) is 14.9 Å². The maximum Gasteiger partial charge on any atom is 0.271 e. The van der Waals surface area contributed by atoms with E-state index in [2.05, 4.69) is 0 Å². The molecule has 1 saturated heterocycles. The van der Waals surface area contributed by atoms with Crippen molar-refractivity contribution in [2.75, 3.05) is 24.7 Å². The molecule has 0 aromatic heterocycles. The van der Waals surface area contributed by atoms with Gasteiger partial charge in [-0.05, 0) is 6.07 Å². The number of non-ortho nitro benzene ring substituents is 1. The van der Waals surface area contributed by atoms with E-state index in [1.54, 1.807) is 0 Å². The monoisotopic (exact) mass is 238 g/mol. The van der Waals surface area contributed by atoms with Gasteiger partial charge in [0.1, 0.15) is 12.4 Å². The standard InChI is InChI=1S/C10H10N2O5/c13-9-2-1-7(12(15)16)5-8(9)11-3-4-17-6-10(11)14/h1-2,5,13H,3-4,6H2. The van der Waals surface area contributed by atoms with Crippen LogP contribution in [0.1, 0.15) is 0 Å². The van der Waals surface area contributed by atoms with Crippen molar-refractivity contribution in [2.45, 2.75) is 0 Å². The number of ether oxygens (including phenoxy) is 1. The number of rotatable bonds is 2. The maximum absolute atomic E-state index is 11.5. The van der Waals surface area contributed by atoms with Gasteiger partial charge in [0.2, 0.25) is 0 Å². The molecule has 90 valence electrons. The van der Waals surface area contributed by atoms with Gasteiger partial charge in [-0.25, -0.2) is 0 Å². The van der Waals surface area contributed by atoms with Crippen LogP contribution in [0.25, 0.3) is 0 Å². The van der Waals surface area contributed by atoms with Gasteiger partial charge in [0.25, 0.3) is 11.6 Å². The van der Waals surface area contributed by atoms with Crippen LogP contribution in [0.4, 0.5) is 11.4 Å². The van der Waals surface area contributed by atoms with E-state index in [1.165, 1.54) is 23.1 Å². The number of aromatic hydroxyl groups is 1. The summed E-state index contributed by atoms with van der Waals surface area (Å²) in [7, 11) is 0. The number of benzene rings is 1. The Kier molecular flexibility index (Phi) is 2.92. The van der Waals surface area contributed by atoms with E-state index < -0.39 is 4.92 Å². The second-order valence-electron chi connectivity index (χ2n) is 3.53. The number of morpholine rings is 1. The summed E-state index contributed by atoms with van der Waals surface area (Å²) in [5.74, 6) is -0.488. The first kappa shape index (κ1) is 11.3. The largest absolute Gasteiger partial charge is 0.506 e. The summed E-state index contributed by atoms with van der Waals surface area (Å²) in [4.78, 5) is 22.9. The van der Waals surface area contributed by atoms with Crippen molar-refractivity contribution in [1.29, 1.82) is 0 Å². The van der Waals surface area contributed by atoms with Crippen molar-refractivity contribution < 1.29 is 19.6 Å². The molecule has 0 saturated carbocycles. The van der Waals surface area contributed by atoms with Crippen LogP contribution in [0.5, 0.6) is 5.75 Å². The molecule has 7 nitrogen and oxygen atoms in total. The highest BCUT2D eigenvalue weighted by Gasteiger charge is 2.24. The Labute approximate surface area is 96.4 Å². The molecule has 1 amide bonds. The highest BCUT2D eigenvalue weighted by atomic mass is 16.6. The zero-order chi connectivity index (χ0) is 12.4. The molecule has 0 aliphatic carbocycles. The molecule has 1 aromatic carbocycles. The molecule has 0 radical (unpaired) electrons. The van der Waals surface area contributed by atoms with E-state index in [0.717, 1.165) is 0 Å². The number of phenolic OH excluding ortho intramolecular Hbond substituents is 1. The van der Waals surface area contributed by atoms with Gasteiger partial charge in [0, 0.05) is 18.7 Å². The van der Waals surface area contributed by atoms with Gasteiger partial charge < -0.3 is 14.7 Å². The number of carbonyl (C=O) groups excluding carboxylic acids is 1. The van der Waals surface area contributed by atoms with E-state index in [9.17, 15) is 20.0 Å². The van der Waals surface area contributed by atoms with E-state index in [0.29, 0.717) is 6.61 Å². The lowest BCUT2D eigenvalue weighted by Crippen LogP contribution is -2.41. The molecule has 1 fully saturated rings. The molecule has 1 aromatic rings. The molecule has 0 unspecified atom stereocenters. The predicted octanol–water partition coefficient (Wildman–Crippen LogP) is 0.664. The van der Waals surface area contributed by atoms with Crippen molar-refractivity contribution in [3.8, 4) is 5.75 Å². The van der Waals surface area contributed by atoms with Crippen LogP contribution < -0.4 is 4.90 Å². The number of hydrogen-bond acceptors (Lipinski definition) is 5. The van der Waals surface area contributed by atoms with Crippen LogP contribution >= 0.6 is 0 Å². The maximum atomic E-state index is 11.5. The van der Waals surface area contributed by atoms with Crippen molar-refractivity contribution in [1.82, 2.24) is 0 Å². The highest BCUT2D eigenvalue weighted by Crippen LogP contribution is 2.31. The fourth-order valence-corrected chi connectivity index (χ4v) is 1.61. The molecule has 1 aliphatic heterocycles. The summed E-state index contributed by atoms with van der Waals surface area (Å²) in [6.07, 6.45) is 0. The van der Waals surface area contributed by atoms with Crippen LogP contribution in [-0.2, 0) is 9.53 Å². The lowest BCUT2D eigenvalue weighted by Gasteiger charge is -2.27. The van der Waals surface area contributed by atoms with E-state index in [4.69, 9.17) is 4.74 Å². The summed E-state index contributed by atoms with van der Waals surface area (Å²) in [6, 6.07) is 3.57. The normalized spacial score (nSPS) is 16.0. The molecular weight excluding hydrogens is 228 g/mol. The first-order valence-electron chi connectivity index (χ1n) is 4.95. The molecule has 2 rings (SSSR count). The number of nitro groups is 1. The fourth-order valence-electron chi connectivity index (χ4n) is 1.61. The molecule has 7 heteroatoms. The number of nitrogens with zero attached hydrogens (tertiary/aromatic N) is 2. The van der Waals surface area contributed by atoms with Crippen molar-refractivity contribution in [2.24, 2.45) is 0 Å². The van der Waals surface area contributed by atoms with Crippen LogP contribution in [0, 0.1) is 10.1 Å². The van der Waals surface area contributed by atoms with Crippen molar-refractivity contribution in [3.05, 3.63) is 28.3 Å². The molecule has 1 N–H and O–H groups in total. The fraction of sp³-hybridized carbons (Fsp3) is 0.300. The van der Waals surface area contributed by atoms with E-state index in [1.807, 2.05) is 0 Å². The Morgan fingerprint density at radius 1 is 1.47 bits per heavy atom. The third-order valence-electron chi connectivity index (χ3n) is 2.45. The quantitative estimate of drug-likeness (QED) is 0.603.